The number of hydrogen-bond donors (Lipinski definition) is 0. The number of hydrogen-bond acceptors (Lipinski definition) is 9. The van der Waals surface area contributed by atoms with E-state index in [0.29, 0.717) is 49.9 Å². The number of benzene rings is 2. The third-order valence-corrected chi connectivity index (χ3v) is 6.78. The van der Waals surface area contributed by atoms with Crippen LogP contribution >= 0.6 is 0 Å². The molecule has 2 aliphatic rings. The first-order valence-electron chi connectivity index (χ1n) is 13.5. The Morgan fingerprint density at radius 2 is 1.26 bits per heavy atom. The fraction of sp³-hybridized carbons (Fsp3) is 0.379. The van der Waals surface area contributed by atoms with E-state index in [9.17, 15) is 65.7 Å². The smallest absolute Gasteiger partial charge is 0.416 e. The summed E-state index contributed by atoms with van der Waals surface area (Å²) >= 11 is 0. The molecule has 2 aromatic rings. The van der Waals surface area contributed by atoms with Crippen molar-refractivity contribution in [1.82, 2.24) is 0 Å². The monoisotopic (exact) mass is 658 g/mol. The van der Waals surface area contributed by atoms with Crippen LogP contribution in [0, 0.1) is 32.1 Å². The number of carbonyl (C=O) groups excluding carboxylic acids is 4. The number of nitro groups is 2. The van der Waals surface area contributed by atoms with Crippen molar-refractivity contribution in [2.75, 3.05) is 6.61 Å². The molecule has 0 amide bonds. The van der Waals surface area contributed by atoms with E-state index in [0.717, 1.165) is 12.3 Å². The normalized spacial score (nSPS) is 14.9. The van der Waals surface area contributed by atoms with Crippen LogP contribution in [0.15, 0.2) is 48.2 Å². The van der Waals surface area contributed by atoms with Gasteiger partial charge in [-0.05, 0) is 56.9 Å². The van der Waals surface area contributed by atoms with Crippen LogP contribution in [0.2, 0.25) is 0 Å². The summed E-state index contributed by atoms with van der Waals surface area (Å²) in [6.45, 7) is 1.77. The van der Waals surface area contributed by atoms with Gasteiger partial charge in [0.1, 0.15) is 16.9 Å². The number of ketones is 4. The highest BCUT2D eigenvalue weighted by Crippen LogP contribution is 2.37. The Morgan fingerprint density at radius 3 is 1.67 bits per heavy atom. The van der Waals surface area contributed by atoms with Gasteiger partial charge in [0.2, 0.25) is 5.78 Å². The first-order valence-corrected chi connectivity index (χ1v) is 13.5. The summed E-state index contributed by atoms with van der Waals surface area (Å²) < 4.78 is 80.8. The fourth-order valence-corrected chi connectivity index (χ4v) is 4.05. The molecule has 11 nitrogen and oxygen atoms in total. The molecule has 17 heteroatoms. The number of allylic oxidation sites excluding steroid dienone is 1. The van der Waals surface area contributed by atoms with E-state index in [1.54, 1.807) is 6.92 Å². The average molecular weight is 659 g/mol. The minimum atomic E-state index is -4.79. The maximum atomic E-state index is 12.7. The van der Waals surface area contributed by atoms with E-state index in [1.165, 1.54) is 0 Å². The predicted octanol–water partition coefficient (Wildman–Crippen LogP) is 6.86. The summed E-state index contributed by atoms with van der Waals surface area (Å²) in [6, 6.07) is 3.23. The predicted molar refractivity (Wildman–Crippen MR) is 145 cm³/mol. The quantitative estimate of drug-likeness (QED) is 0.0346. The number of halogens is 6. The number of nitrogens with zero attached hydrogens (tertiary/aromatic N) is 2. The van der Waals surface area contributed by atoms with Crippen molar-refractivity contribution in [3.63, 3.8) is 0 Å². The van der Waals surface area contributed by atoms with Crippen LogP contribution in [0.1, 0.15) is 70.9 Å². The molecule has 4 rings (SSSR count). The molecule has 0 unspecified atom stereocenters. The third kappa shape index (κ3) is 9.04. The number of carbonyl (C=O) groups is 4. The van der Waals surface area contributed by atoms with Gasteiger partial charge in [-0.25, -0.2) is 0 Å². The minimum Gasteiger partial charge on any atom is -0.501 e. The van der Waals surface area contributed by atoms with Crippen molar-refractivity contribution in [2.45, 2.75) is 51.4 Å². The molecule has 246 valence electrons. The summed E-state index contributed by atoms with van der Waals surface area (Å²) in [5.74, 6) is -3.24. The van der Waals surface area contributed by atoms with E-state index < -0.39 is 85.2 Å². The average Bonchev–Trinajstić information content (AvgIpc) is 3.89. The van der Waals surface area contributed by atoms with E-state index in [1.807, 2.05) is 0 Å². The highest BCUT2D eigenvalue weighted by Gasteiger charge is 2.39. The van der Waals surface area contributed by atoms with Crippen LogP contribution < -0.4 is 0 Å². The Balaban J connectivity index is 0.000000254. The molecule has 2 saturated carbocycles. The van der Waals surface area contributed by atoms with Gasteiger partial charge in [-0.15, -0.1) is 0 Å². The number of nitro benzene ring substituents is 2. The zero-order valence-electron chi connectivity index (χ0n) is 23.8. The molecule has 2 aromatic carbocycles. The second-order valence-corrected chi connectivity index (χ2v) is 10.3. The molecule has 0 radical (unpaired) electrons. The molecule has 0 saturated heterocycles. The fourth-order valence-electron chi connectivity index (χ4n) is 4.05. The summed E-state index contributed by atoms with van der Waals surface area (Å²) in [7, 11) is 0. The van der Waals surface area contributed by atoms with Gasteiger partial charge < -0.3 is 4.74 Å². The van der Waals surface area contributed by atoms with Gasteiger partial charge in [-0.1, -0.05) is 0 Å². The van der Waals surface area contributed by atoms with Crippen LogP contribution in [0.5, 0.6) is 0 Å². The maximum absolute atomic E-state index is 12.7. The standard InChI is InChI=1S/C16H14F3NO5.C13H10F3NO4/c1-2-25-8-12(14(21)9-3-4-9)15(22)11-6-5-10(16(17,18)19)7-13(11)20(23)24;14-13(15,16)8-3-4-9(10(5-8)17(20)21)12(19)6-11(18)7-1-2-7/h5-9H,2-4H2,1H3;3-5,7H,1-2,6H2. The van der Waals surface area contributed by atoms with Gasteiger partial charge in [0.15, 0.2) is 11.6 Å². The third-order valence-electron chi connectivity index (χ3n) is 6.78. The molecule has 2 aliphatic carbocycles. The van der Waals surface area contributed by atoms with E-state index in [4.69, 9.17) is 4.74 Å². The number of ether oxygens (including phenoxy) is 1. The second-order valence-electron chi connectivity index (χ2n) is 10.3. The van der Waals surface area contributed by atoms with Crippen molar-refractivity contribution >= 4 is 34.5 Å². The SMILES string of the molecule is CCOC=C(C(=O)c1ccc(C(F)(F)F)cc1[N+](=O)[O-])C(=O)C1CC1.O=C(CC(=O)C1CC1)c1ccc(C(F)(F)F)cc1[N+](=O)[O-]. The minimum absolute atomic E-state index is 0.157. The van der Waals surface area contributed by atoms with Crippen LogP contribution in [0.25, 0.3) is 0 Å². The molecule has 0 bridgehead atoms. The van der Waals surface area contributed by atoms with Crippen molar-refractivity contribution in [3.05, 3.63) is 90.7 Å². The van der Waals surface area contributed by atoms with Gasteiger partial charge >= 0.3 is 12.4 Å². The molecule has 0 aliphatic heterocycles. The molecule has 46 heavy (non-hydrogen) atoms. The van der Waals surface area contributed by atoms with Gasteiger partial charge in [0.25, 0.3) is 11.4 Å². The molecule has 0 atom stereocenters. The van der Waals surface area contributed by atoms with Gasteiger partial charge in [-0.3, -0.25) is 39.4 Å². The van der Waals surface area contributed by atoms with Gasteiger partial charge in [0.05, 0.1) is 45.8 Å². The lowest BCUT2D eigenvalue weighted by atomic mass is 9.96. The molecule has 2 fully saturated rings. The number of rotatable bonds is 12. The number of Topliss-reactive ketones (excluding diaryl/α,β-unsaturated/α-hetero) is 4. The largest absolute Gasteiger partial charge is 0.501 e. The Hall–Kier alpha value is -4.96. The summed E-state index contributed by atoms with van der Waals surface area (Å²) in [5.41, 5.74) is -5.85. The van der Waals surface area contributed by atoms with Crippen molar-refractivity contribution in [1.29, 1.82) is 0 Å². The van der Waals surface area contributed by atoms with Crippen LogP contribution in [-0.4, -0.2) is 39.6 Å². The van der Waals surface area contributed by atoms with Gasteiger partial charge in [0, 0.05) is 24.0 Å². The molecular weight excluding hydrogens is 634 g/mol. The Bertz CT molecular complexity index is 1610. The highest BCUT2D eigenvalue weighted by atomic mass is 19.4. The first kappa shape index (κ1) is 35.5. The Morgan fingerprint density at radius 1 is 0.804 bits per heavy atom. The summed E-state index contributed by atoms with van der Waals surface area (Å²) in [6.07, 6.45) is -6.59. The Kier molecular flexibility index (Phi) is 10.8. The molecule has 0 aromatic heterocycles. The lowest BCUT2D eigenvalue weighted by Gasteiger charge is -2.10. The first-order chi connectivity index (χ1) is 21.4. The lowest BCUT2D eigenvalue weighted by molar-refractivity contribution is -0.385. The molecular formula is C29H24F6N2O9. The summed E-state index contributed by atoms with van der Waals surface area (Å²) in [5, 5.41) is 21.9. The zero-order chi connectivity index (χ0) is 34.6. The van der Waals surface area contributed by atoms with Crippen molar-refractivity contribution < 1.29 is 60.1 Å². The van der Waals surface area contributed by atoms with Crippen molar-refractivity contribution in [2.24, 2.45) is 11.8 Å². The zero-order valence-corrected chi connectivity index (χ0v) is 23.8. The van der Waals surface area contributed by atoms with Gasteiger partial charge in [-0.2, -0.15) is 26.3 Å². The maximum Gasteiger partial charge on any atom is 0.416 e. The van der Waals surface area contributed by atoms with E-state index >= 15 is 0 Å². The molecule has 0 spiro atoms. The van der Waals surface area contributed by atoms with Crippen LogP contribution in [0.3, 0.4) is 0 Å². The lowest BCUT2D eigenvalue weighted by Crippen LogP contribution is -2.17. The van der Waals surface area contributed by atoms with Crippen LogP contribution in [0.4, 0.5) is 37.7 Å². The second kappa shape index (κ2) is 14.0. The summed E-state index contributed by atoms with van der Waals surface area (Å²) in [4.78, 5) is 68.0. The topological polar surface area (TPSA) is 164 Å². The Labute approximate surface area is 255 Å². The van der Waals surface area contributed by atoms with Crippen LogP contribution in [-0.2, 0) is 26.7 Å². The van der Waals surface area contributed by atoms with E-state index in [-0.39, 0.29) is 30.3 Å². The molecule has 0 heterocycles. The number of alkyl halides is 6. The van der Waals surface area contributed by atoms with E-state index in [2.05, 4.69) is 0 Å². The van der Waals surface area contributed by atoms with Crippen molar-refractivity contribution in [3.8, 4) is 0 Å². The molecule has 0 N–H and O–H groups in total. The highest BCUT2D eigenvalue weighted by molar-refractivity contribution is 6.28.